The van der Waals surface area contributed by atoms with Crippen LogP contribution < -0.4 is 0 Å². The van der Waals surface area contributed by atoms with Gasteiger partial charge >= 0.3 is 0 Å². The molecule has 14 heavy (non-hydrogen) atoms. The van der Waals surface area contributed by atoms with Crippen molar-refractivity contribution < 1.29 is 9.90 Å². The first-order valence-corrected chi connectivity index (χ1v) is 5.71. The topological polar surface area (TPSA) is 37.3 Å². The van der Waals surface area contributed by atoms with E-state index in [1.54, 1.807) is 0 Å². The van der Waals surface area contributed by atoms with Crippen LogP contribution in [0, 0.1) is 0 Å². The summed E-state index contributed by atoms with van der Waals surface area (Å²) in [6.45, 7) is 1.81. The Morgan fingerprint density at radius 1 is 1.07 bits per heavy atom. The van der Waals surface area contributed by atoms with Gasteiger partial charge in [0.05, 0.1) is 0 Å². The van der Waals surface area contributed by atoms with Gasteiger partial charge in [0.15, 0.2) is 5.78 Å². The molecule has 0 atom stereocenters. The van der Waals surface area contributed by atoms with E-state index in [9.17, 15) is 4.79 Å². The largest absolute Gasteiger partial charge is 0.389 e. The van der Waals surface area contributed by atoms with E-state index in [1.807, 2.05) is 0 Å². The van der Waals surface area contributed by atoms with Crippen LogP contribution in [0.5, 0.6) is 0 Å². The van der Waals surface area contributed by atoms with Crippen LogP contribution in [0.3, 0.4) is 0 Å². The zero-order valence-electron chi connectivity index (χ0n) is 9.30. The molecule has 3 heteroatoms. The first-order chi connectivity index (χ1) is 6.81. The summed E-state index contributed by atoms with van der Waals surface area (Å²) in [6, 6.07) is 0. The fourth-order valence-electron chi connectivity index (χ4n) is 1.46. The number of carbonyl (C=O) groups is 1. The van der Waals surface area contributed by atoms with Gasteiger partial charge in [0.1, 0.15) is 13.9 Å². The van der Waals surface area contributed by atoms with Crippen molar-refractivity contribution in [3.63, 3.8) is 0 Å². The third-order valence-corrected chi connectivity index (χ3v) is 2.37. The van der Waals surface area contributed by atoms with Crippen LogP contribution in [-0.4, -0.2) is 24.8 Å². The highest BCUT2D eigenvalue weighted by molar-refractivity contribution is 6.33. The van der Waals surface area contributed by atoms with Crippen LogP contribution in [0.4, 0.5) is 0 Å². The molecule has 0 aliphatic rings. The molecule has 0 saturated heterocycles. The summed E-state index contributed by atoms with van der Waals surface area (Å²) in [6.07, 6.45) is 8.96. The standard InChI is InChI=1S/C11H22BO2/c1-12-9-7-5-3-2-4-6-8-11(14)10-13/h13H,2-10H2,1H3. The van der Waals surface area contributed by atoms with E-state index in [1.165, 1.54) is 32.0 Å². The second-order valence-electron chi connectivity index (χ2n) is 3.77. The number of carbonyl (C=O) groups excluding carboxylic acids is 1. The Hall–Kier alpha value is -0.305. The maximum Gasteiger partial charge on any atom is 0.158 e. The lowest BCUT2D eigenvalue weighted by Gasteiger charge is -2.00. The zero-order chi connectivity index (χ0) is 10.6. The van der Waals surface area contributed by atoms with Crippen molar-refractivity contribution in [1.82, 2.24) is 0 Å². The monoisotopic (exact) mass is 197 g/mol. The molecule has 0 aromatic rings. The highest BCUT2D eigenvalue weighted by atomic mass is 16.3. The van der Waals surface area contributed by atoms with Gasteiger partial charge in [-0.3, -0.25) is 4.79 Å². The Morgan fingerprint density at radius 2 is 1.64 bits per heavy atom. The minimum Gasteiger partial charge on any atom is -0.389 e. The number of Topliss-reactive ketones (excluding diaryl/α,β-unsaturated/α-hetero) is 1. The highest BCUT2D eigenvalue weighted by Crippen LogP contribution is 2.08. The molecular weight excluding hydrogens is 175 g/mol. The Balaban J connectivity index is 2.95. The number of hydrogen-bond donors (Lipinski definition) is 1. The molecule has 1 N–H and O–H groups in total. The summed E-state index contributed by atoms with van der Waals surface area (Å²) in [7, 11) is 2.21. The van der Waals surface area contributed by atoms with Crippen molar-refractivity contribution in [3.05, 3.63) is 0 Å². The zero-order valence-corrected chi connectivity index (χ0v) is 9.30. The van der Waals surface area contributed by atoms with Crippen LogP contribution in [0.2, 0.25) is 13.1 Å². The van der Waals surface area contributed by atoms with Gasteiger partial charge in [0, 0.05) is 6.42 Å². The highest BCUT2D eigenvalue weighted by Gasteiger charge is 1.98. The molecule has 1 radical (unpaired) electrons. The molecule has 0 bridgehead atoms. The third-order valence-electron chi connectivity index (χ3n) is 2.37. The fourth-order valence-corrected chi connectivity index (χ4v) is 1.46. The first kappa shape index (κ1) is 13.7. The maximum absolute atomic E-state index is 10.7. The molecule has 0 unspecified atom stereocenters. The van der Waals surface area contributed by atoms with E-state index in [0.29, 0.717) is 6.42 Å². The molecule has 0 aliphatic carbocycles. The summed E-state index contributed by atoms with van der Waals surface area (Å²) in [4.78, 5) is 10.7. The average Bonchev–Trinajstić information content (AvgIpc) is 2.21. The van der Waals surface area contributed by atoms with Gasteiger partial charge in [-0.05, 0) is 6.42 Å². The Labute approximate surface area is 88.3 Å². The normalized spacial score (nSPS) is 10.1. The second kappa shape index (κ2) is 10.8. The van der Waals surface area contributed by atoms with Crippen molar-refractivity contribution >= 4 is 13.1 Å². The maximum atomic E-state index is 10.7. The van der Waals surface area contributed by atoms with E-state index in [2.05, 4.69) is 14.1 Å². The lowest BCUT2D eigenvalue weighted by Crippen LogP contribution is -2.02. The fraction of sp³-hybridized carbons (Fsp3) is 0.909. The van der Waals surface area contributed by atoms with Crippen molar-refractivity contribution in [2.45, 2.75) is 58.1 Å². The van der Waals surface area contributed by atoms with E-state index in [-0.39, 0.29) is 12.4 Å². The number of aliphatic hydroxyl groups excluding tert-OH is 1. The molecule has 0 saturated carbocycles. The third kappa shape index (κ3) is 9.78. The summed E-state index contributed by atoms with van der Waals surface area (Å²) < 4.78 is 0. The van der Waals surface area contributed by atoms with Crippen molar-refractivity contribution in [2.24, 2.45) is 0 Å². The minimum atomic E-state index is -0.285. The molecule has 0 rings (SSSR count). The van der Waals surface area contributed by atoms with Gasteiger partial charge in [-0.15, -0.1) is 0 Å². The van der Waals surface area contributed by atoms with Crippen LogP contribution in [0.25, 0.3) is 0 Å². The number of unbranched alkanes of at least 4 members (excludes halogenated alkanes) is 5. The average molecular weight is 197 g/mol. The summed E-state index contributed by atoms with van der Waals surface area (Å²) >= 11 is 0. The van der Waals surface area contributed by atoms with Gasteiger partial charge in [0.2, 0.25) is 0 Å². The Bertz CT molecular complexity index is 137. The van der Waals surface area contributed by atoms with Crippen molar-refractivity contribution in [3.8, 4) is 0 Å². The molecule has 81 valence electrons. The van der Waals surface area contributed by atoms with Gasteiger partial charge in [-0.25, -0.2) is 0 Å². The molecule has 2 nitrogen and oxygen atoms in total. The predicted octanol–water partition coefficient (Wildman–Crippen LogP) is 2.45. The number of ketones is 1. The molecule has 0 aromatic carbocycles. The Kier molecular flexibility index (Phi) is 10.5. The van der Waals surface area contributed by atoms with E-state index in [0.717, 1.165) is 12.8 Å². The van der Waals surface area contributed by atoms with Gasteiger partial charge in [-0.2, -0.15) is 0 Å². The number of aliphatic hydroxyl groups is 1. The molecule has 0 fully saturated rings. The molecule has 0 heterocycles. The SMILES string of the molecule is C[B]CCCCCCCCC(=O)CO. The smallest absolute Gasteiger partial charge is 0.158 e. The molecule has 0 spiro atoms. The van der Waals surface area contributed by atoms with Crippen LogP contribution >= 0.6 is 0 Å². The molecule has 0 aliphatic heterocycles. The van der Waals surface area contributed by atoms with Gasteiger partial charge in [-0.1, -0.05) is 45.2 Å². The minimum absolute atomic E-state index is 0.0226. The summed E-state index contributed by atoms with van der Waals surface area (Å²) in [5, 5.41) is 8.48. The van der Waals surface area contributed by atoms with Crippen LogP contribution in [-0.2, 0) is 4.79 Å². The lowest BCUT2D eigenvalue weighted by molar-refractivity contribution is -0.121. The van der Waals surface area contributed by atoms with E-state index < -0.39 is 0 Å². The van der Waals surface area contributed by atoms with E-state index in [4.69, 9.17) is 5.11 Å². The molecular formula is C11H22BO2. The summed E-state index contributed by atoms with van der Waals surface area (Å²) in [5.74, 6) is -0.0226. The van der Waals surface area contributed by atoms with Gasteiger partial charge in [0.25, 0.3) is 0 Å². The predicted molar refractivity (Wildman–Crippen MR) is 60.8 cm³/mol. The first-order valence-electron chi connectivity index (χ1n) is 5.71. The van der Waals surface area contributed by atoms with Crippen molar-refractivity contribution in [2.75, 3.05) is 6.61 Å². The molecule has 0 aromatic heterocycles. The van der Waals surface area contributed by atoms with Crippen LogP contribution in [0.1, 0.15) is 44.9 Å². The quantitative estimate of drug-likeness (QED) is 0.431. The second-order valence-corrected chi connectivity index (χ2v) is 3.77. The van der Waals surface area contributed by atoms with E-state index >= 15 is 0 Å². The number of rotatable bonds is 10. The summed E-state index contributed by atoms with van der Waals surface area (Å²) in [5.41, 5.74) is 0. The lowest BCUT2D eigenvalue weighted by atomic mass is 9.76. The van der Waals surface area contributed by atoms with Crippen LogP contribution in [0.15, 0.2) is 0 Å². The van der Waals surface area contributed by atoms with Crippen molar-refractivity contribution in [1.29, 1.82) is 0 Å². The van der Waals surface area contributed by atoms with Gasteiger partial charge < -0.3 is 5.11 Å². The number of hydrogen-bond acceptors (Lipinski definition) is 2. The Morgan fingerprint density at radius 3 is 2.21 bits per heavy atom. The molecule has 0 amide bonds.